The Morgan fingerprint density at radius 2 is 1.72 bits per heavy atom. The molecule has 29 heavy (non-hydrogen) atoms. The first-order chi connectivity index (χ1) is 14.0. The van der Waals surface area contributed by atoms with Gasteiger partial charge in [-0.2, -0.15) is 0 Å². The molecule has 0 saturated carbocycles. The Bertz CT molecular complexity index is 812. The second kappa shape index (κ2) is 9.76. The van der Waals surface area contributed by atoms with Crippen LogP contribution in [0, 0.1) is 0 Å². The van der Waals surface area contributed by atoms with Crippen LogP contribution in [0.5, 0.6) is 11.5 Å². The monoisotopic (exact) mass is 398 g/mol. The predicted octanol–water partition coefficient (Wildman–Crippen LogP) is 3.24. The lowest BCUT2D eigenvalue weighted by Gasteiger charge is -2.35. The molecule has 1 heterocycles. The van der Waals surface area contributed by atoms with Gasteiger partial charge in [0, 0.05) is 37.3 Å². The van der Waals surface area contributed by atoms with Crippen molar-refractivity contribution in [1.82, 2.24) is 10.2 Å². The Labute approximate surface area is 172 Å². The highest BCUT2D eigenvalue weighted by Crippen LogP contribution is 2.30. The quantitative estimate of drug-likeness (QED) is 0.776. The number of nitrogens with zero attached hydrogens (tertiary/aromatic N) is 1. The maximum atomic E-state index is 12.8. The van der Waals surface area contributed by atoms with Crippen LogP contribution in [0.4, 0.5) is 0 Å². The van der Waals surface area contributed by atoms with Crippen molar-refractivity contribution in [2.24, 2.45) is 0 Å². The van der Waals surface area contributed by atoms with Crippen LogP contribution in [-0.2, 0) is 17.8 Å². The number of benzene rings is 2. The normalized spacial score (nSPS) is 19.1. The number of hydrogen-bond donors (Lipinski definition) is 1. The van der Waals surface area contributed by atoms with E-state index in [0.29, 0.717) is 31.7 Å². The molecule has 0 bridgehead atoms. The molecule has 1 aliphatic rings. The second-order valence-corrected chi connectivity index (χ2v) is 7.42. The van der Waals surface area contributed by atoms with E-state index in [2.05, 4.69) is 5.32 Å². The van der Waals surface area contributed by atoms with Crippen LogP contribution in [0.15, 0.2) is 42.5 Å². The van der Waals surface area contributed by atoms with Crippen molar-refractivity contribution in [3.8, 4) is 11.5 Å². The molecule has 0 spiro atoms. The van der Waals surface area contributed by atoms with E-state index in [4.69, 9.17) is 14.2 Å². The summed E-state index contributed by atoms with van der Waals surface area (Å²) in [5, 5.41) is 3.42. The molecular weight excluding hydrogens is 368 g/mol. The van der Waals surface area contributed by atoms with E-state index in [0.717, 1.165) is 22.6 Å². The number of rotatable bonds is 7. The number of carbonyl (C=O) groups excluding carboxylic acids is 1. The highest BCUT2D eigenvalue weighted by Gasteiger charge is 2.26. The number of ether oxygens (including phenoxy) is 3. The average molecular weight is 399 g/mol. The Hall–Kier alpha value is -2.57. The third-order valence-corrected chi connectivity index (χ3v) is 5.04. The Kier molecular flexibility index (Phi) is 7.12. The number of hydrogen-bond acceptors (Lipinski definition) is 5. The van der Waals surface area contributed by atoms with Gasteiger partial charge < -0.3 is 24.4 Å². The number of para-hydroxylation sites is 1. The summed E-state index contributed by atoms with van der Waals surface area (Å²) in [4.78, 5) is 14.6. The fraction of sp³-hybridized carbons (Fsp3) is 0.435. The van der Waals surface area contributed by atoms with Gasteiger partial charge in [-0.15, -0.1) is 0 Å². The third kappa shape index (κ3) is 5.28. The summed E-state index contributed by atoms with van der Waals surface area (Å²) in [7, 11) is 3.28. The third-order valence-electron chi connectivity index (χ3n) is 5.04. The predicted molar refractivity (Wildman–Crippen MR) is 112 cm³/mol. The Morgan fingerprint density at radius 1 is 1.03 bits per heavy atom. The zero-order valence-corrected chi connectivity index (χ0v) is 17.6. The highest BCUT2D eigenvalue weighted by molar-refractivity contribution is 5.94. The van der Waals surface area contributed by atoms with Gasteiger partial charge in [-0.25, -0.2) is 0 Å². The molecule has 1 fully saturated rings. The number of carbonyl (C=O) groups is 1. The van der Waals surface area contributed by atoms with Crippen molar-refractivity contribution < 1.29 is 19.0 Å². The lowest BCUT2D eigenvalue weighted by Crippen LogP contribution is -2.48. The molecule has 2 aromatic carbocycles. The number of amides is 1. The molecule has 0 unspecified atom stereocenters. The topological polar surface area (TPSA) is 60.0 Å². The van der Waals surface area contributed by atoms with Gasteiger partial charge in [0.05, 0.1) is 26.4 Å². The van der Waals surface area contributed by atoms with Gasteiger partial charge in [-0.3, -0.25) is 4.79 Å². The van der Waals surface area contributed by atoms with Crippen LogP contribution < -0.4 is 14.8 Å². The summed E-state index contributed by atoms with van der Waals surface area (Å²) in [5.41, 5.74) is 2.87. The van der Waals surface area contributed by atoms with E-state index in [1.807, 2.05) is 61.2 Å². The summed E-state index contributed by atoms with van der Waals surface area (Å²) in [5.74, 6) is 1.53. The molecule has 1 amide bonds. The zero-order valence-electron chi connectivity index (χ0n) is 17.6. The molecule has 6 nitrogen and oxygen atoms in total. The Balaban J connectivity index is 1.57. The van der Waals surface area contributed by atoms with Crippen molar-refractivity contribution in [2.45, 2.75) is 39.1 Å². The van der Waals surface area contributed by atoms with Crippen LogP contribution in [0.1, 0.15) is 35.3 Å². The average Bonchev–Trinajstić information content (AvgIpc) is 2.72. The van der Waals surface area contributed by atoms with Gasteiger partial charge >= 0.3 is 0 Å². The number of methoxy groups -OCH3 is 2. The van der Waals surface area contributed by atoms with Crippen molar-refractivity contribution >= 4 is 5.91 Å². The van der Waals surface area contributed by atoms with Gasteiger partial charge in [0.2, 0.25) is 0 Å². The molecule has 0 aliphatic carbocycles. The van der Waals surface area contributed by atoms with Crippen LogP contribution in [0.3, 0.4) is 0 Å². The van der Waals surface area contributed by atoms with Gasteiger partial charge in [0.25, 0.3) is 5.91 Å². The minimum absolute atomic E-state index is 0.0626. The molecule has 1 aliphatic heterocycles. The lowest BCUT2D eigenvalue weighted by atomic mass is 10.1. The number of nitrogens with one attached hydrogen (secondary N) is 1. The van der Waals surface area contributed by atoms with E-state index in [9.17, 15) is 4.79 Å². The summed E-state index contributed by atoms with van der Waals surface area (Å²) >= 11 is 0. The zero-order chi connectivity index (χ0) is 20.8. The smallest absolute Gasteiger partial charge is 0.254 e. The summed E-state index contributed by atoms with van der Waals surface area (Å²) < 4.78 is 16.5. The van der Waals surface area contributed by atoms with Gasteiger partial charge in [-0.1, -0.05) is 24.3 Å². The van der Waals surface area contributed by atoms with Crippen molar-refractivity contribution in [2.75, 3.05) is 27.3 Å². The maximum Gasteiger partial charge on any atom is 0.254 e. The minimum Gasteiger partial charge on any atom is -0.493 e. The molecule has 1 N–H and O–H groups in total. The van der Waals surface area contributed by atoms with Crippen molar-refractivity contribution in [3.05, 3.63) is 59.2 Å². The molecule has 0 aromatic heterocycles. The molecule has 6 heteroatoms. The van der Waals surface area contributed by atoms with Crippen LogP contribution in [-0.4, -0.2) is 50.3 Å². The van der Waals surface area contributed by atoms with Crippen LogP contribution in [0.25, 0.3) is 0 Å². The van der Waals surface area contributed by atoms with Gasteiger partial charge in [0.15, 0.2) is 11.5 Å². The molecule has 0 radical (unpaired) electrons. The summed E-state index contributed by atoms with van der Waals surface area (Å²) in [6, 6.07) is 13.6. The van der Waals surface area contributed by atoms with E-state index in [1.54, 1.807) is 14.2 Å². The Morgan fingerprint density at radius 3 is 2.34 bits per heavy atom. The molecule has 1 saturated heterocycles. The molecule has 2 aromatic rings. The van der Waals surface area contributed by atoms with E-state index in [1.165, 1.54) is 0 Å². The van der Waals surface area contributed by atoms with Crippen molar-refractivity contribution in [1.29, 1.82) is 0 Å². The standard InChI is InChI=1S/C23H30N2O4/c1-16-14-25(15-17(2)29-16)23(26)19-10-8-18(9-11-19)12-24-13-20-6-5-7-21(27-3)22(20)28-4/h5-11,16-17,24H,12-15H2,1-4H3/t16-,17+. The fourth-order valence-corrected chi connectivity index (χ4v) is 3.73. The largest absolute Gasteiger partial charge is 0.493 e. The summed E-state index contributed by atoms with van der Waals surface area (Å²) in [6.07, 6.45) is 0.138. The highest BCUT2D eigenvalue weighted by atomic mass is 16.5. The second-order valence-electron chi connectivity index (χ2n) is 7.42. The van der Waals surface area contributed by atoms with Crippen LogP contribution >= 0.6 is 0 Å². The van der Waals surface area contributed by atoms with E-state index < -0.39 is 0 Å². The first-order valence-electron chi connectivity index (χ1n) is 9.96. The summed E-state index contributed by atoms with van der Waals surface area (Å²) in [6.45, 7) is 6.62. The molecule has 3 rings (SSSR count). The van der Waals surface area contributed by atoms with Gasteiger partial charge in [0.1, 0.15) is 0 Å². The molecule has 2 atom stereocenters. The first-order valence-corrected chi connectivity index (χ1v) is 9.96. The number of morpholine rings is 1. The van der Waals surface area contributed by atoms with Crippen LogP contribution in [0.2, 0.25) is 0 Å². The fourth-order valence-electron chi connectivity index (χ4n) is 3.73. The van der Waals surface area contributed by atoms with Gasteiger partial charge in [-0.05, 0) is 37.6 Å². The van der Waals surface area contributed by atoms with E-state index >= 15 is 0 Å². The minimum atomic E-state index is 0.0626. The SMILES string of the molecule is COc1cccc(CNCc2ccc(C(=O)N3C[C@@H](C)O[C@@H](C)C3)cc2)c1OC. The molecular formula is C23H30N2O4. The molecule has 156 valence electrons. The van der Waals surface area contributed by atoms with Crippen molar-refractivity contribution in [3.63, 3.8) is 0 Å². The lowest BCUT2D eigenvalue weighted by molar-refractivity contribution is -0.0586. The first kappa shape index (κ1) is 21.1. The maximum absolute atomic E-state index is 12.8. The van der Waals surface area contributed by atoms with E-state index in [-0.39, 0.29) is 18.1 Å².